The van der Waals surface area contributed by atoms with Gasteiger partial charge in [-0.1, -0.05) is 11.8 Å². The van der Waals surface area contributed by atoms with Crippen LogP contribution in [0, 0.1) is 6.92 Å². The molecule has 0 saturated heterocycles. The van der Waals surface area contributed by atoms with Crippen molar-refractivity contribution < 1.29 is 0 Å². The molecule has 3 heterocycles. The Labute approximate surface area is 112 Å². The van der Waals surface area contributed by atoms with Gasteiger partial charge in [0.1, 0.15) is 10.9 Å². The molecule has 0 saturated carbocycles. The van der Waals surface area contributed by atoms with Gasteiger partial charge in [0.2, 0.25) is 0 Å². The minimum Gasteiger partial charge on any atom is -0.310 e. The van der Waals surface area contributed by atoms with Crippen LogP contribution >= 0.6 is 11.8 Å². The van der Waals surface area contributed by atoms with Gasteiger partial charge < -0.3 is 4.98 Å². The van der Waals surface area contributed by atoms with Crippen molar-refractivity contribution in [3.05, 3.63) is 40.8 Å². The summed E-state index contributed by atoms with van der Waals surface area (Å²) in [5, 5.41) is 5.39. The number of hydrogen-bond acceptors (Lipinski definition) is 5. The SMILES string of the molecule is Cc1nc2cnc(Sc3cnn(C)c3)cc2c(=O)[nH]1. The van der Waals surface area contributed by atoms with Gasteiger partial charge in [0.15, 0.2) is 0 Å². The average molecular weight is 273 g/mol. The zero-order valence-corrected chi connectivity index (χ0v) is 11.2. The Morgan fingerprint density at radius 3 is 2.95 bits per heavy atom. The molecule has 0 unspecified atom stereocenters. The third kappa shape index (κ3) is 2.37. The number of fused-ring (bicyclic) bond motifs is 1. The molecule has 1 N–H and O–H groups in total. The smallest absolute Gasteiger partial charge is 0.258 e. The van der Waals surface area contributed by atoms with Crippen LogP contribution in [0.15, 0.2) is 39.4 Å². The third-order valence-corrected chi connectivity index (χ3v) is 3.47. The van der Waals surface area contributed by atoms with Crippen LogP contribution in [-0.2, 0) is 7.05 Å². The van der Waals surface area contributed by atoms with Crippen LogP contribution in [0.2, 0.25) is 0 Å². The van der Waals surface area contributed by atoms with Crippen molar-refractivity contribution in [1.82, 2.24) is 24.7 Å². The average Bonchev–Trinajstić information content (AvgIpc) is 2.75. The van der Waals surface area contributed by atoms with Crippen LogP contribution in [0.25, 0.3) is 10.9 Å². The van der Waals surface area contributed by atoms with E-state index < -0.39 is 0 Å². The lowest BCUT2D eigenvalue weighted by Gasteiger charge is -2.01. The van der Waals surface area contributed by atoms with E-state index in [2.05, 4.69) is 20.1 Å². The molecule has 0 aliphatic carbocycles. The fourth-order valence-corrected chi connectivity index (χ4v) is 2.60. The molecule has 0 fully saturated rings. The van der Waals surface area contributed by atoms with Crippen molar-refractivity contribution in [3.63, 3.8) is 0 Å². The number of nitrogens with one attached hydrogen (secondary N) is 1. The van der Waals surface area contributed by atoms with Gasteiger partial charge in [-0.25, -0.2) is 9.97 Å². The third-order valence-electron chi connectivity index (χ3n) is 2.59. The predicted molar refractivity (Wildman–Crippen MR) is 72.2 cm³/mol. The molecule has 3 aromatic rings. The number of pyridine rings is 1. The van der Waals surface area contributed by atoms with Crippen LogP contribution < -0.4 is 5.56 Å². The number of aromatic amines is 1. The Hall–Kier alpha value is -2.15. The van der Waals surface area contributed by atoms with Crippen molar-refractivity contribution >= 4 is 22.7 Å². The molecule has 0 radical (unpaired) electrons. The minimum atomic E-state index is -0.141. The lowest BCUT2D eigenvalue weighted by atomic mass is 10.3. The number of H-pyrrole nitrogens is 1. The molecule has 3 aromatic heterocycles. The number of nitrogens with zero attached hydrogens (tertiary/aromatic N) is 4. The van der Waals surface area contributed by atoms with E-state index in [1.807, 2.05) is 13.2 Å². The first-order chi connectivity index (χ1) is 9.11. The number of rotatable bonds is 2. The first kappa shape index (κ1) is 11.9. The maximum atomic E-state index is 11.9. The van der Waals surface area contributed by atoms with Crippen LogP contribution in [-0.4, -0.2) is 24.7 Å². The molecule has 7 heteroatoms. The molecule has 0 aliphatic heterocycles. The molecule has 96 valence electrons. The van der Waals surface area contributed by atoms with Crippen LogP contribution in [0.4, 0.5) is 0 Å². The van der Waals surface area contributed by atoms with Crippen molar-refractivity contribution in [1.29, 1.82) is 0 Å². The minimum absolute atomic E-state index is 0.141. The lowest BCUT2D eigenvalue weighted by molar-refractivity contribution is 0.766. The zero-order valence-electron chi connectivity index (χ0n) is 10.4. The maximum Gasteiger partial charge on any atom is 0.258 e. The van der Waals surface area contributed by atoms with Gasteiger partial charge in [0.25, 0.3) is 5.56 Å². The Balaban J connectivity index is 2.04. The van der Waals surface area contributed by atoms with Gasteiger partial charge in [-0.3, -0.25) is 9.48 Å². The highest BCUT2D eigenvalue weighted by molar-refractivity contribution is 7.99. The second-order valence-corrected chi connectivity index (χ2v) is 5.24. The number of aryl methyl sites for hydroxylation is 2. The van der Waals surface area contributed by atoms with Crippen molar-refractivity contribution in [2.24, 2.45) is 7.05 Å². The summed E-state index contributed by atoms with van der Waals surface area (Å²) < 4.78 is 1.72. The second-order valence-electron chi connectivity index (χ2n) is 4.14. The molecule has 3 rings (SSSR count). The van der Waals surface area contributed by atoms with E-state index in [0.717, 1.165) is 9.92 Å². The lowest BCUT2D eigenvalue weighted by Crippen LogP contribution is -2.09. The van der Waals surface area contributed by atoms with Crippen molar-refractivity contribution in [3.8, 4) is 0 Å². The van der Waals surface area contributed by atoms with Gasteiger partial charge in [-0.05, 0) is 13.0 Å². The number of hydrogen-bond donors (Lipinski definition) is 1. The predicted octanol–water partition coefficient (Wildman–Crippen LogP) is 1.51. The van der Waals surface area contributed by atoms with E-state index in [9.17, 15) is 4.79 Å². The molecule has 0 aromatic carbocycles. The quantitative estimate of drug-likeness (QED) is 0.766. The van der Waals surface area contributed by atoms with E-state index in [1.54, 1.807) is 30.1 Å². The fourth-order valence-electron chi connectivity index (χ4n) is 1.77. The van der Waals surface area contributed by atoms with Gasteiger partial charge in [0, 0.05) is 13.2 Å². The van der Waals surface area contributed by atoms with Crippen LogP contribution in [0.3, 0.4) is 0 Å². The highest BCUT2D eigenvalue weighted by Gasteiger charge is 2.06. The summed E-state index contributed by atoms with van der Waals surface area (Å²) in [7, 11) is 1.86. The van der Waals surface area contributed by atoms with Gasteiger partial charge in [-0.2, -0.15) is 5.10 Å². The molecule has 6 nitrogen and oxygen atoms in total. The Morgan fingerprint density at radius 2 is 2.21 bits per heavy atom. The molecular formula is C12H11N5OS. The first-order valence-corrected chi connectivity index (χ1v) is 6.46. The summed E-state index contributed by atoms with van der Waals surface area (Å²) >= 11 is 1.46. The topological polar surface area (TPSA) is 76.5 Å². The normalized spacial score (nSPS) is 11.1. The molecule has 0 amide bonds. The van der Waals surface area contributed by atoms with Gasteiger partial charge in [-0.15, -0.1) is 0 Å². The summed E-state index contributed by atoms with van der Waals surface area (Å²) in [5.41, 5.74) is 0.467. The molecule has 0 spiro atoms. The molecule has 19 heavy (non-hydrogen) atoms. The highest BCUT2D eigenvalue weighted by Crippen LogP contribution is 2.26. The highest BCUT2D eigenvalue weighted by atomic mass is 32.2. The van der Waals surface area contributed by atoms with Crippen LogP contribution in [0.1, 0.15) is 5.82 Å². The summed E-state index contributed by atoms with van der Waals surface area (Å²) in [6.45, 7) is 1.75. The largest absolute Gasteiger partial charge is 0.310 e. The second kappa shape index (κ2) is 4.51. The van der Waals surface area contributed by atoms with E-state index >= 15 is 0 Å². The summed E-state index contributed by atoms with van der Waals surface area (Å²) in [5.74, 6) is 0.590. The summed E-state index contributed by atoms with van der Waals surface area (Å²) in [6.07, 6.45) is 5.28. The molecule has 0 aliphatic rings. The van der Waals surface area contributed by atoms with E-state index in [4.69, 9.17) is 0 Å². The van der Waals surface area contributed by atoms with Crippen LogP contribution in [0.5, 0.6) is 0 Å². The Kier molecular flexibility index (Phi) is 2.83. The van der Waals surface area contributed by atoms with E-state index in [0.29, 0.717) is 16.7 Å². The zero-order chi connectivity index (χ0) is 13.4. The van der Waals surface area contributed by atoms with Crippen molar-refractivity contribution in [2.75, 3.05) is 0 Å². The standard InChI is InChI=1S/C12H11N5OS/c1-7-15-10-5-13-11(3-9(10)12(18)16-7)19-8-4-14-17(2)6-8/h3-6H,1-2H3,(H,15,16,18). The van der Waals surface area contributed by atoms with Crippen molar-refractivity contribution in [2.45, 2.75) is 16.8 Å². The number of aromatic nitrogens is 5. The Morgan fingerprint density at radius 1 is 1.37 bits per heavy atom. The van der Waals surface area contributed by atoms with E-state index in [-0.39, 0.29) is 5.56 Å². The van der Waals surface area contributed by atoms with E-state index in [1.165, 1.54) is 11.8 Å². The molecule has 0 bridgehead atoms. The monoisotopic (exact) mass is 273 g/mol. The van der Waals surface area contributed by atoms with Gasteiger partial charge >= 0.3 is 0 Å². The fraction of sp³-hybridized carbons (Fsp3) is 0.167. The Bertz CT molecular complexity index is 807. The summed E-state index contributed by atoms with van der Waals surface area (Å²) in [4.78, 5) is 24.1. The first-order valence-electron chi connectivity index (χ1n) is 5.65. The molecular weight excluding hydrogens is 262 g/mol. The maximum absolute atomic E-state index is 11.9. The van der Waals surface area contributed by atoms with Gasteiger partial charge in [0.05, 0.1) is 28.2 Å². The molecule has 0 atom stereocenters. The summed E-state index contributed by atoms with van der Waals surface area (Å²) in [6, 6.07) is 1.75.